The van der Waals surface area contributed by atoms with Gasteiger partial charge in [-0.2, -0.15) is 0 Å². The summed E-state index contributed by atoms with van der Waals surface area (Å²) in [5.74, 6) is 0.665. The Morgan fingerprint density at radius 3 is 2.63 bits per heavy atom. The second-order valence-electron chi connectivity index (χ2n) is 4.31. The minimum atomic E-state index is 0.476. The molecule has 0 amide bonds. The average Bonchev–Trinajstić information content (AvgIpc) is 2.40. The van der Waals surface area contributed by atoms with Crippen molar-refractivity contribution in [2.75, 3.05) is 0 Å². The number of aromatic nitrogens is 2. The minimum absolute atomic E-state index is 0.476. The molecule has 0 saturated carbocycles. The number of hydrogen-bond donors (Lipinski definition) is 0. The van der Waals surface area contributed by atoms with E-state index in [1.54, 1.807) is 0 Å². The fourth-order valence-corrected chi connectivity index (χ4v) is 2.60. The molecular formula is C15H10BrClN2. The second-order valence-corrected chi connectivity index (χ2v) is 5.59. The molecule has 3 aromatic rings. The van der Waals surface area contributed by atoms with Gasteiger partial charge in [0.15, 0.2) is 5.82 Å². The first-order chi connectivity index (χ1) is 9.15. The number of nitrogens with zero attached hydrogens (tertiary/aromatic N) is 2. The molecule has 0 atom stereocenters. The van der Waals surface area contributed by atoms with Gasteiger partial charge >= 0.3 is 0 Å². The molecule has 2 aromatic carbocycles. The number of rotatable bonds is 1. The van der Waals surface area contributed by atoms with Gasteiger partial charge in [0.1, 0.15) is 5.15 Å². The van der Waals surface area contributed by atoms with Crippen LogP contribution < -0.4 is 0 Å². The van der Waals surface area contributed by atoms with E-state index in [2.05, 4.69) is 25.9 Å². The third-order valence-electron chi connectivity index (χ3n) is 3.00. The Morgan fingerprint density at radius 2 is 1.84 bits per heavy atom. The summed E-state index contributed by atoms with van der Waals surface area (Å²) in [4.78, 5) is 9.00. The summed E-state index contributed by atoms with van der Waals surface area (Å²) in [6.07, 6.45) is 0. The molecule has 0 bridgehead atoms. The van der Waals surface area contributed by atoms with Crippen LogP contribution in [0, 0.1) is 6.92 Å². The van der Waals surface area contributed by atoms with Gasteiger partial charge in [0.2, 0.25) is 0 Å². The molecule has 0 aliphatic heterocycles. The van der Waals surface area contributed by atoms with Crippen LogP contribution in [0.3, 0.4) is 0 Å². The highest BCUT2D eigenvalue weighted by Crippen LogP contribution is 2.28. The highest BCUT2D eigenvalue weighted by Gasteiger charge is 2.09. The van der Waals surface area contributed by atoms with Crippen molar-refractivity contribution in [3.63, 3.8) is 0 Å². The Morgan fingerprint density at radius 1 is 1.05 bits per heavy atom. The predicted octanol–water partition coefficient (Wildman–Crippen LogP) is 5.02. The molecule has 0 N–H and O–H groups in total. The monoisotopic (exact) mass is 332 g/mol. The molecule has 0 spiro atoms. The Labute approximate surface area is 124 Å². The largest absolute Gasteiger partial charge is 0.228 e. The van der Waals surface area contributed by atoms with Gasteiger partial charge < -0.3 is 0 Å². The highest BCUT2D eigenvalue weighted by molar-refractivity contribution is 9.10. The zero-order valence-electron chi connectivity index (χ0n) is 10.2. The SMILES string of the molecule is Cc1ccccc1-c1nc(Cl)c2cc(Br)ccc2n1. The van der Waals surface area contributed by atoms with E-state index in [-0.39, 0.29) is 0 Å². The fraction of sp³-hybridized carbons (Fsp3) is 0.0667. The van der Waals surface area contributed by atoms with Gasteiger partial charge in [0.05, 0.1) is 5.52 Å². The first kappa shape index (κ1) is 12.6. The Balaban J connectivity index is 2.27. The van der Waals surface area contributed by atoms with Crippen LogP contribution in [0.5, 0.6) is 0 Å². The van der Waals surface area contributed by atoms with Gasteiger partial charge in [-0.05, 0) is 30.7 Å². The standard InChI is InChI=1S/C15H10BrClN2/c1-9-4-2-3-5-11(9)15-18-13-7-6-10(16)8-12(13)14(17)19-15/h2-8H,1H3. The van der Waals surface area contributed by atoms with Gasteiger partial charge in [0, 0.05) is 15.4 Å². The molecule has 0 unspecified atom stereocenters. The number of fused-ring (bicyclic) bond motifs is 1. The van der Waals surface area contributed by atoms with Crippen molar-refractivity contribution >= 4 is 38.4 Å². The molecule has 4 heteroatoms. The van der Waals surface area contributed by atoms with Crippen LogP contribution >= 0.6 is 27.5 Å². The Bertz CT molecular complexity index is 771. The second kappa shape index (κ2) is 4.91. The topological polar surface area (TPSA) is 25.8 Å². The van der Waals surface area contributed by atoms with E-state index in [4.69, 9.17) is 11.6 Å². The van der Waals surface area contributed by atoms with E-state index < -0.39 is 0 Å². The molecular weight excluding hydrogens is 324 g/mol. The number of hydrogen-bond acceptors (Lipinski definition) is 2. The van der Waals surface area contributed by atoms with Crippen LogP contribution in [0.25, 0.3) is 22.3 Å². The third kappa shape index (κ3) is 2.36. The fourth-order valence-electron chi connectivity index (χ4n) is 2.01. The molecule has 0 saturated heterocycles. The van der Waals surface area contributed by atoms with E-state index >= 15 is 0 Å². The maximum absolute atomic E-state index is 6.26. The van der Waals surface area contributed by atoms with Crippen LogP contribution in [-0.4, -0.2) is 9.97 Å². The predicted molar refractivity (Wildman–Crippen MR) is 82.4 cm³/mol. The van der Waals surface area contributed by atoms with Crippen molar-refractivity contribution in [1.29, 1.82) is 0 Å². The maximum atomic E-state index is 6.26. The van der Waals surface area contributed by atoms with E-state index in [9.17, 15) is 0 Å². The number of halogens is 2. The molecule has 1 heterocycles. The molecule has 2 nitrogen and oxygen atoms in total. The quantitative estimate of drug-likeness (QED) is 0.584. The smallest absolute Gasteiger partial charge is 0.161 e. The lowest BCUT2D eigenvalue weighted by atomic mass is 10.1. The van der Waals surface area contributed by atoms with E-state index in [0.29, 0.717) is 11.0 Å². The summed E-state index contributed by atoms with van der Waals surface area (Å²) in [5, 5.41) is 1.33. The molecule has 0 aliphatic rings. The van der Waals surface area contributed by atoms with Gasteiger partial charge in [-0.3, -0.25) is 0 Å². The van der Waals surface area contributed by atoms with E-state index in [1.165, 1.54) is 0 Å². The third-order valence-corrected chi connectivity index (χ3v) is 3.78. The highest BCUT2D eigenvalue weighted by atomic mass is 79.9. The van der Waals surface area contributed by atoms with Crippen LogP contribution in [-0.2, 0) is 0 Å². The van der Waals surface area contributed by atoms with E-state index in [0.717, 1.165) is 26.5 Å². The molecule has 3 rings (SSSR count). The van der Waals surface area contributed by atoms with Crippen molar-refractivity contribution in [1.82, 2.24) is 9.97 Å². The lowest BCUT2D eigenvalue weighted by molar-refractivity contribution is 1.21. The molecule has 94 valence electrons. The summed E-state index contributed by atoms with van der Waals surface area (Å²) in [5.41, 5.74) is 2.99. The number of benzene rings is 2. The lowest BCUT2D eigenvalue weighted by Gasteiger charge is -2.07. The van der Waals surface area contributed by atoms with Gasteiger partial charge in [-0.1, -0.05) is 51.8 Å². The summed E-state index contributed by atoms with van der Waals surface area (Å²) in [7, 11) is 0. The summed E-state index contributed by atoms with van der Waals surface area (Å²) >= 11 is 9.69. The van der Waals surface area contributed by atoms with E-state index in [1.807, 2.05) is 49.4 Å². The Hall–Kier alpha value is -1.45. The van der Waals surface area contributed by atoms with Crippen molar-refractivity contribution in [2.24, 2.45) is 0 Å². The maximum Gasteiger partial charge on any atom is 0.161 e. The molecule has 1 aromatic heterocycles. The first-order valence-corrected chi connectivity index (χ1v) is 7.01. The van der Waals surface area contributed by atoms with Crippen LogP contribution in [0.2, 0.25) is 5.15 Å². The normalized spacial score (nSPS) is 10.9. The molecule has 19 heavy (non-hydrogen) atoms. The van der Waals surface area contributed by atoms with Gasteiger partial charge in [0.25, 0.3) is 0 Å². The van der Waals surface area contributed by atoms with Crippen LogP contribution in [0.15, 0.2) is 46.9 Å². The number of aryl methyl sites for hydroxylation is 1. The summed E-state index contributed by atoms with van der Waals surface area (Å²) in [6.45, 7) is 2.04. The van der Waals surface area contributed by atoms with Gasteiger partial charge in [-0.15, -0.1) is 0 Å². The van der Waals surface area contributed by atoms with Crippen molar-refractivity contribution in [3.05, 3.63) is 57.7 Å². The zero-order chi connectivity index (χ0) is 13.4. The van der Waals surface area contributed by atoms with Crippen LogP contribution in [0.1, 0.15) is 5.56 Å². The van der Waals surface area contributed by atoms with Crippen molar-refractivity contribution in [3.8, 4) is 11.4 Å². The molecule has 0 fully saturated rings. The summed E-state index contributed by atoms with van der Waals surface area (Å²) in [6, 6.07) is 13.8. The minimum Gasteiger partial charge on any atom is -0.228 e. The lowest BCUT2D eigenvalue weighted by Crippen LogP contribution is -1.93. The molecule has 0 aliphatic carbocycles. The van der Waals surface area contributed by atoms with Crippen molar-refractivity contribution < 1.29 is 0 Å². The van der Waals surface area contributed by atoms with Gasteiger partial charge in [-0.25, -0.2) is 9.97 Å². The Kier molecular flexibility index (Phi) is 3.25. The average molecular weight is 334 g/mol. The van der Waals surface area contributed by atoms with Crippen molar-refractivity contribution in [2.45, 2.75) is 6.92 Å². The first-order valence-electron chi connectivity index (χ1n) is 5.84. The molecule has 0 radical (unpaired) electrons. The zero-order valence-corrected chi connectivity index (χ0v) is 12.5. The summed E-state index contributed by atoms with van der Waals surface area (Å²) < 4.78 is 0.967. The van der Waals surface area contributed by atoms with Crippen LogP contribution in [0.4, 0.5) is 0 Å².